The molecule has 0 amide bonds. The van der Waals surface area contributed by atoms with Gasteiger partial charge in [-0.05, 0) is 0 Å². The summed E-state index contributed by atoms with van der Waals surface area (Å²) in [5.74, 6) is -1.52. The van der Waals surface area contributed by atoms with Gasteiger partial charge in [0, 0.05) is 0 Å². The van der Waals surface area contributed by atoms with Crippen LogP contribution in [0.2, 0.25) is 0 Å². The fraction of sp³-hybridized carbons (Fsp3) is 0.833. The van der Waals surface area contributed by atoms with Crippen LogP contribution in [0.3, 0.4) is 0 Å². The van der Waals surface area contributed by atoms with Crippen LogP contribution in [0.5, 0.6) is 0 Å². The number of aliphatic hydroxyl groups is 4. The number of hydrogen-bond acceptors (Lipinski definition) is 6. The predicted molar refractivity (Wildman–Crippen MR) is 36.5 cm³/mol. The lowest BCUT2D eigenvalue weighted by Gasteiger charge is -2.36. The van der Waals surface area contributed by atoms with Crippen molar-refractivity contribution in [3.63, 3.8) is 0 Å². The van der Waals surface area contributed by atoms with Crippen LogP contribution < -0.4 is 0 Å². The Kier molecular flexibility index (Phi) is 2.84. The Balaban J connectivity index is 2.76. The van der Waals surface area contributed by atoms with E-state index in [1.54, 1.807) is 0 Å². The van der Waals surface area contributed by atoms with Crippen molar-refractivity contribution in [1.82, 2.24) is 0 Å². The molecule has 7 heteroatoms. The Morgan fingerprint density at radius 2 is 1.54 bits per heavy atom. The summed E-state index contributed by atoms with van der Waals surface area (Å²) < 4.78 is 4.34. The van der Waals surface area contributed by atoms with Crippen LogP contribution in [0.4, 0.5) is 0 Å². The number of aliphatic hydroxyl groups excluding tert-OH is 4. The molecule has 1 aliphatic heterocycles. The highest BCUT2D eigenvalue weighted by molar-refractivity contribution is 5.73. The van der Waals surface area contributed by atoms with E-state index < -0.39 is 36.7 Å². The molecule has 1 aliphatic rings. The Hall–Kier alpha value is -0.730. The second kappa shape index (κ2) is 3.56. The zero-order chi connectivity index (χ0) is 10.2. The van der Waals surface area contributed by atoms with Gasteiger partial charge in [-0.3, -0.25) is 0 Å². The molecule has 13 heavy (non-hydrogen) atoms. The SMILES string of the molecule is O=C(O)[C@@H]1O[C@H](O)[C@@H](O)[C@@H](O)[C@H]1O. The molecule has 0 saturated carbocycles. The largest absolute Gasteiger partial charge is 0.479 e. The molecule has 0 bridgehead atoms. The monoisotopic (exact) mass is 194 g/mol. The normalized spacial score (nSPS) is 46.0. The number of hydrogen-bond donors (Lipinski definition) is 5. The first kappa shape index (κ1) is 10.4. The van der Waals surface area contributed by atoms with Crippen LogP contribution in [0.15, 0.2) is 0 Å². The highest BCUT2D eigenvalue weighted by Gasteiger charge is 2.46. The van der Waals surface area contributed by atoms with Crippen LogP contribution in [-0.4, -0.2) is 62.2 Å². The molecule has 0 spiro atoms. The lowest BCUT2D eigenvalue weighted by atomic mass is 9.99. The van der Waals surface area contributed by atoms with Crippen LogP contribution in [0, 0.1) is 0 Å². The molecule has 0 aliphatic carbocycles. The van der Waals surface area contributed by atoms with Gasteiger partial charge >= 0.3 is 5.97 Å². The average Bonchev–Trinajstić information content (AvgIpc) is 2.07. The van der Waals surface area contributed by atoms with Crippen LogP contribution in [0.25, 0.3) is 0 Å². The van der Waals surface area contributed by atoms with E-state index in [4.69, 9.17) is 25.5 Å². The Morgan fingerprint density at radius 1 is 1.00 bits per heavy atom. The van der Waals surface area contributed by atoms with E-state index in [2.05, 4.69) is 4.74 Å². The molecule has 1 rings (SSSR count). The molecular formula is C6H10O7. The van der Waals surface area contributed by atoms with Crippen molar-refractivity contribution in [3.05, 3.63) is 0 Å². The van der Waals surface area contributed by atoms with Gasteiger partial charge in [-0.25, -0.2) is 4.79 Å². The summed E-state index contributed by atoms with van der Waals surface area (Å²) in [6.45, 7) is 0. The van der Waals surface area contributed by atoms with Gasteiger partial charge in [0.05, 0.1) is 0 Å². The Labute approximate surface area is 72.8 Å². The summed E-state index contributed by atoms with van der Waals surface area (Å²) in [6.07, 6.45) is -8.72. The number of carboxylic acid groups (broad SMARTS) is 1. The highest BCUT2D eigenvalue weighted by atomic mass is 16.6. The maximum atomic E-state index is 10.4. The molecule has 0 aromatic heterocycles. The minimum atomic E-state index is -1.81. The number of carboxylic acids is 1. The first-order valence-electron chi connectivity index (χ1n) is 3.55. The van der Waals surface area contributed by atoms with Crippen LogP contribution >= 0.6 is 0 Å². The molecule has 0 aromatic carbocycles. The second-order valence-corrected chi connectivity index (χ2v) is 2.76. The molecular weight excluding hydrogens is 184 g/mol. The van der Waals surface area contributed by atoms with Crippen molar-refractivity contribution < 1.29 is 35.1 Å². The standard InChI is InChI=1S/C6H10O7/c7-1-2(8)4(5(10)11)13-6(12)3(1)9/h1-4,6-9,12H,(H,10,11)/t1-,2+,3-,4+,6-/m0/s1. The van der Waals surface area contributed by atoms with Gasteiger partial charge in [-0.2, -0.15) is 0 Å². The number of rotatable bonds is 1. The van der Waals surface area contributed by atoms with Gasteiger partial charge < -0.3 is 30.3 Å². The Morgan fingerprint density at radius 3 is 2.00 bits per heavy atom. The molecule has 0 unspecified atom stereocenters. The molecule has 0 radical (unpaired) electrons. The first-order chi connectivity index (χ1) is 5.95. The topological polar surface area (TPSA) is 127 Å². The Bertz CT molecular complexity index is 205. The maximum absolute atomic E-state index is 10.4. The summed E-state index contributed by atoms with van der Waals surface area (Å²) >= 11 is 0. The van der Waals surface area contributed by atoms with Crippen molar-refractivity contribution in [2.45, 2.75) is 30.7 Å². The van der Waals surface area contributed by atoms with E-state index in [0.717, 1.165) is 0 Å². The van der Waals surface area contributed by atoms with Gasteiger partial charge in [0.1, 0.15) is 18.3 Å². The summed E-state index contributed by atoms with van der Waals surface area (Å²) in [7, 11) is 0. The average molecular weight is 194 g/mol. The molecule has 7 nitrogen and oxygen atoms in total. The number of ether oxygens (including phenoxy) is 1. The molecule has 1 heterocycles. The first-order valence-corrected chi connectivity index (χ1v) is 3.55. The zero-order valence-corrected chi connectivity index (χ0v) is 6.44. The third-order valence-corrected chi connectivity index (χ3v) is 1.83. The van der Waals surface area contributed by atoms with Crippen molar-refractivity contribution in [2.24, 2.45) is 0 Å². The van der Waals surface area contributed by atoms with Gasteiger partial charge in [-0.1, -0.05) is 0 Å². The summed E-state index contributed by atoms with van der Waals surface area (Å²) in [4.78, 5) is 10.4. The van der Waals surface area contributed by atoms with Crippen molar-refractivity contribution in [1.29, 1.82) is 0 Å². The van der Waals surface area contributed by atoms with Crippen molar-refractivity contribution in [2.75, 3.05) is 0 Å². The van der Waals surface area contributed by atoms with Gasteiger partial charge in [0.25, 0.3) is 0 Å². The lowest BCUT2D eigenvalue weighted by Crippen LogP contribution is -2.59. The lowest BCUT2D eigenvalue weighted by molar-refractivity contribution is -0.279. The van der Waals surface area contributed by atoms with E-state index in [0.29, 0.717) is 0 Å². The molecule has 5 atom stereocenters. The number of carbonyl (C=O) groups is 1. The third-order valence-electron chi connectivity index (χ3n) is 1.83. The molecule has 1 saturated heterocycles. The maximum Gasteiger partial charge on any atom is 0.335 e. The minimum Gasteiger partial charge on any atom is -0.479 e. The smallest absolute Gasteiger partial charge is 0.335 e. The van der Waals surface area contributed by atoms with E-state index in [1.165, 1.54) is 0 Å². The predicted octanol–water partition coefficient (Wildman–Crippen LogP) is -3.13. The third kappa shape index (κ3) is 1.79. The summed E-state index contributed by atoms with van der Waals surface area (Å²) in [6, 6.07) is 0. The molecule has 5 N–H and O–H groups in total. The van der Waals surface area contributed by atoms with Gasteiger partial charge in [0.2, 0.25) is 0 Å². The molecule has 76 valence electrons. The quantitative estimate of drug-likeness (QED) is 0.298. The van der Waals surface area contributed by atoms with E-state index in [9.17, 15) is 4.79 Å². The van der Waals surface area contributed by atoms with Crippen LogP contribution in [0.1, 0.15) is 0 Å². The van der Waals surface area contributed by atoms with Crippen LogP contribution in [-0.2, 0) is 9.53 Å². The molecule has 1 fully saturated rings. The fourth-order valence-corrected chi connectivity index (χ4v) is 1.07. The molecule has 0 aromatic rings. The fourth-order valence-electron chi connectivity index (χ4n) is 1.07. The zero-order valence-electron chi connectivity index (χ0n) is 6.44. The summed E-state index contributed by atoms with van der Waals surface area (Å²) in [5, 5.41) is 44.4. The van der Waals surface area contributed by atoms with Crippen molar-refractivity contribution in [3.8, 4) is 0 Å². The van der Waals surface area contributed by atoms with E-state index in [-0.39, 0.29) is 0 Å². The van der Waals surface area contributed by atoms with E-state index in [1.807, 2.05) is 0 Å². The van der Waals surface area contributed by atoms with Crippen molar-refractivity contribution >= 4 is 5.97 Å². The summed E-state index contributed by atoms with van der Waals surface area (Å²) in [5.41, 5.74) is 0. The van der Waals surface area contributed by atoms with E-state index >= 15 is 0 Å². The second-order valence-electron chi connectivity index (χ2n) is 2.76. The highest BCUT2D eigenvalue weighted by Crippen LogP contribution is 2.19. The van der Waals surface area contributed by atoms with Gasteiger partial charge in [-0.15, -0.1) is 0 Å². The minimum absolute atomic E-state index is 1.52. The number of aliphatic carboxylic acids is 1. The van der Waals surface area contributed by atoms with Gasteiger partial charge in [0.15, 0.2) is 12.4 Å².